The topological polar surface area (TPSA) is 0 Å². The Morgan fingerprint density at radius 1 is 0.545 bits per heavy atom. The predicted molar refractivity (Wildman–Crippen MR) is 193 cm³/mol. The minimum absolute atomic E-state index is 0.709. The van der Waals surface area contributed by atoms with Crippen molar-refractivity contribution in [1.82, 2.24) is 0 Å². The van der Waals surface area contributed by atoms with Gasteiger partial charge in [-0.1, -0.05) is 0 Å². The molecule has 0 saturated heterocycles. The van der Waals surface area contributed by atoms with Crippen molar-refractivity contribution in [2.75, 3.05) is 0 Å². The molecule has 0 spiro atoms. The Morgan fingerprint density at radius 2 is 0.955 bits per heavy atom. The summed E-state index contributed by atoms with van der Waals surface area (Å²) in [6.07, 6.45) is 13.0. The molecule has 0 saturated carbocycles. The first-order valence-corrected chi connectivity index (χ1v) is 30.4. The molecule has 4 aromatic carbocycles. The molecule has 6 rings (SSSR count). The first-order chi connectivity index (χ1) is 21.4. The van der Waals surface area contributed by atoms with E-state index in [-0.39, 0.29) is 0 Å². The summed E-state index contributed by atoms with van der Waals surface area (Å²) in [5.41, 5.74) is 18.5. The minimum atomic E-state index is -2.39. The fourth-order valence-electron chi connectivity index (χ4n) is 7.96. The SMILES string of the molecule is CCCCC1=Cc2c(-c3ccccc3C)cccc2[CH]1[Hf]([CH]1C(CCCC)=Cc2c(-c3ccccc3C)cccc21)[SiH](C)C. The van der Waals surface area contributed by atoms with Gasteiger partial charge in [0.2, 0.25) is 0 Å². The molecule has 0 N–H and O–H groups in total. The second kappa shape index (κ2) is 13.8. The van der Waals surface area contributed by atoms with E-state index in [2.05, 4.69) is 138 Å². The van der Waals surface area contributed by atoms with Crippen LogP contribution < -0.4 is 0 Å². The number of fused-ring (bicyclic) bond motifs is 2. The quantitative estimate of drug-likeness (QED) is 0.134. The van der Waals surface area contributed by atoms with Crippen molar-refractivity contribution in [2.24, 2.45) is 0 Å². The third kappa shape index (κ3) is 5.90. The van der Waals surface area contributed by atoms with Gasteiger partial charge in [0, 0.05) is 0 Å². The van der Waals surface area contributed by atoms with Gasteiger partial charge in [0.25, 0.3) is 0 Å². The predicted octanol–water partition coefficient (Wildman–Crippen LogP) is 12.2. The summed E-state index contributed by atoms with van der Waals surface area (Å²) in [7, 11) is 0. The van der Waals surface area contributed by atoms with Crippen molar-refractivity contribution in [3.8, 4) is 22.3 Å². The average molecular weight is 760 g/mol. The van der Waals surface area contributed by atoms with Gasteiger partial charge in [-0.3, -0.25) is 0 Å². The standard InChI is InChI=1S/2C20H21.C2H7Si.Hf/c2*1-3-4-9-16-13-17-10-7-12-19(20(17)14-16)18-11-6-5-8-15(18)2;1-3-2;/h2*5-8,10-14H,3-4,9H2,1-2H3;3H,1-2H3;. The van der Waals surface area contributed by atoms with E-state index in [1.54, 1.807) is 33.4 Å². The van der Waals surface area contributed by atoms with E-state index in [9.17, 15) is 0 Å². The van der Waals surface area contributed by atoms with Crippen molar-refractivity contribution in [2.45, 2.75) is 86.7 Å². The van der Waals surface area contributed by atoms with Crippen molar-refractivity contribution in [3.05, 3.63) is 129 Å². The molecule has 0 amide bonds. The van der Waals surface area contributed by atoms with E-state index in [1.807, 2.05) is 0 Å². The monoisotopic (exact) mass is 761 g/mol. The molecular formula is C42H49HfSi. The number of unbranched alkanes of at least 4 members (excludes halogenated alkanes) is 2. The van der Waals surface area contributed by atoms with Gasteiger partial charge < -0.3 is 0 Å². The van der Waals surface area contributed by atoms with Crippen LogP contribution in [0.5, 0.6) is 0 Å². The van der Waals surface area contributed by atoms with E-state index in [4.69, 9.17) is 0 Å². The summed E-state index contributed by atoms with van der Waals surface area (Å²) in [5.74, 6) is -0.922. The van der Waals surface area contributed by atoms with Crippen LogP contribution in [0.2, 0.25) is 13.1 Å². The van der Waals surface area contributed by atoms with E-state index in [0.717, 1.165) is 0 Å². The molecule has 0 bridgehead atoms. The summed E-state index contributed by atoms with van der Waals surface area (Å²) in [4.78, 5) is 0. The van der Waals surface area contributed by atoms with E-state index in [0.29, 0.717) is 7.35 Å². The van der Waals surface area contributed by atoms with Gasteiger partial charge in [-0.05, 0) is 0 Å². The van der Waals surface area contributed by atoms with E-state index in [1.165, 1.54) is 71.9 Å². The van der Waals surface area contributed by atoms with Crippen molar-refractivity contribution < 1.29 is 20.6 Å². The molecule has 2 atom stereocenters. The van der Waals surface area contributed by atoms with Crippen LogP contribution in [0.4, 0.5) is 0 Å². The Balaban J connectivity index is 1.53. The van der Waals surface area contributed by atoms with Crippen molar-refractivity contribution in [3.63, 3.8) is 0 Å². The van der Waals surface area contributed by atoms with Gasteiger partial charge in [-0.2, -0.15) is 0 Å². The molecule has 0 aliphatic heterocycles. The molecule has 44 heavy (non-hydrogen) atoms. The van der Waals surface area contributed by atoms with Gasteiger partial charge in [-0.15, -0.1) is 0 Å². The third-order valence-corrected chi connectivity index (χ3v) is 41.0. The van der Waals surface area contributed by atoms with Crippen molar-refractivity contribution in [1.29, 1.82) is 0 Å². The van der Waals surface area contributed by atoms with Crippen LogP contribution in [0.25, 0.3) is 34.4 Å². The van der Waals surface area contributed by atoms with Crippen LogP contribution >= 0.6 is 0 Å². The van der Waals surface area contributed by atoms with Crippen LogP contribution in [0.15, 0.2) is 96.1 Å². The van der Waals surface area contributed by atoms with Crippen LogP contribution in [0.1, 0.15) is 93.1 Å². The molecule has 2 aliphatic carbocycles. The van der Waals surface area contributed by atoms with Gasteiger partial charge in [0.05, 0.1) is 0 Å². The normalized spacial score (nSPS) is 17.0. The Morgan fingerprint density at radius 3 is 1.34 bits per heavy atom. The molecule has 2 heteroatoms. The second-order valence-corrected chi connectivity index (χ2v) is 41.4. The molecule has 225 valence electrons. The zero-order valence-corrected chi connectivity index (χ0v) is 32.5. The van der Waals surface area contributed by atoms with Crippen LogP contribution in [0.3, 0.4) is 0 Å². The number of aryl methyl sites for hydroxylation is 2. The second-order valence-electron chi connectivity index (χ2n) is 13.4. The van der Waals surface area contributed by atoms with Gasteiger partial charge >= 0.3 is 277 Å². The van der Waals surface area contributed by atoms with Crippen LogP contribution in [0, 0.1) is 13.8 Å². The molecule has 0 aromatic heterocycles. The van der Waals surface area contributed by atoms with Crippen LogP contribution in [-0.4, -0.2) is 5.98 Å². The number of hydrogen-bond donors (Lipinski definition) is 0. The van der Waals surface area contributed by atoms with Crippen molar-refractivity contribution >= 4 is 18.1 Å². The summed E-state index contributed by atoms with van der Waals surface area (Å²) < 4.78 is 1.42. The summed E-state index contributed by atoms with van der Waals surface area (Å²) in [6, 6.07) is 32.6. The first kappa shape index (κ1) is 31.4. The number of hydrogen-bond acceptors (Lipinski definition) is 0. The van der Waals surface area contributed by atoms with Gasteiger partial charge in [-0.25, -0.2) is 0 Å². The first-order valence-electron chi connectivity index (χ1n) is 17.1. The molecule has 0 radical (unpaired) electrons. The molecule has 0 heterocycles. The summed E-state index contributed by atoms with van der Waals surface area (Å²) in [6.45, 7) is 14.7. The van der Waals surface area contributed by atoms with E-state index < -0.39 is 26.6 Å². The maximum atomic E-state index is 2.73. The van der Waals surface area contributed by atoms with E-state index >= 15 is 0 Å². The average Bonchev–Trinajstić information content (AvgIpc) is 3.58. The fourth-order valence-corrected chi connectivity index (χ4v) is 40.4. The zero-order chi connectivity index (χ0) is 30.8. The fraction of sp³-hybridized carbons (Fsp3) is 0.333. The molecular weight excluding hydrogens is 711 g/mol. The van der Waals surface area contributed by atoms with Crippen LogP contribution in [-0.2, 0) is 20.6 Å². The third-order valence-electron chi connectivity index (χ3n) is 10.1. The summed E-state index contributed by atoms with van der Waals surface area (Å²) in [5, 5.41) is 0. The molecule has 0 fully saturated rings. The van der Waals surface area contributed by atoms with Gasteiger partial charge in [0.15, 0.2) is 0 Å². The number of rotatable bonds is 11. The molecule has 0 nitrogen and oxygen atoms in total. The maximum absolute atomic E-state index is 2.73. The Labute approximate surface area is 275 Å². The number of allylic oxidation sites excluding steroid dienone is 2. The Kier molecular flexibility index (Phi) is 9.88. The zero-order valence-electron chi connectivity index (χ0n) is 27.7. The molecule has 2 unspecified atom stereocenters. The number of benzene rings is 4. The molecule has 2 aliphatic rings. The Bertz CT molecular complexity index is 1580. The van der Waals surface area contributed by atoms with Gasteiger partial charge in [0.1, 0.15) is 0 Å². The Hall–Kier alpha value is -2.55. The summed E-state index contributed by atoms with van der Waals surface area (Å²) >= 11 is -2.39. The molecule has 4 aromatic rings.